The highest BCUT2D eigenvalue weighted by Gasteiger charge is 2.24. The van der Waals surface area contributed by atoms with Crippen molar-refractivity contribution in [1.29, 1.82) is 0 Å². The molecule has 0 spiro atoms. The van der Waals surface area contributed by atoms with Crippen molar-refractivity contribution in [2.75, 3.05) is 13.2 Å². The van der Waals surface area contributed by atoms with Crippen molar-refractivity contribution >= 4 is 22.8 Å². The summed E-state index contributed by atoms with van der Waals surface area (Å²) in [6.07, 6.45) is 0. The molecule has 0 bridgehead atoms. The molecule has 1 aromatic heterocycles. The second-order valence-corrected chi connectivity index (χ2v) is 6.37. The van der Waals surface area contributed by atoms with E-state index in [2.05, 4.69) is 4.98 Å². The van der Waals surface area contributed by atoms with Crippen LogP contribution in [0.25, 0.3) is 11.0 Å². The Morgan fingerprint density at radius 2 is 1.63 bits per heavy atom. The fourth-order valence-corrected chi connectivity index (χ4v) is 2.97. The number of Topliss-reactive ketones (excluding diaryl/α,β-unsaturated/α-hetero) is 1. The molecule has 0 saturated carbocycles. The van der Waals surface area contributed by atoms with E-state index in [9.17, 15) is 14.8 Å². The summed E-state index contributed by atoms with van der Waals surface area (Å²) >= 11 is 0. The number of rotatable bonds is 8. The third-order valence-electron chi connectivity index (χ3n) is 4.28. The van der Waals surface area contributed by atoms with Crippen molar-refractivity contribution in [3.8, 4) is 11.5 Å². The molecule has 0 N–H and O–H groups in total. The van der Waals surface area contributed by atoms with Gasteiger partial charge in [0.05, 0.1) is 24.8 Å². The maximum atomic E-state index is 12.8. The highest BCUT2D eigenvalue weighted by molar-refractivity contribution is 5.93. The quantitative estimate of drug-likeness (QED) is 0.243. The molecule has 0 atom stereocenters. The summed E-state index contributed by atoms with van der Waals surface area (Å²) in [5.74, 6) is 0.0652. The average Bonchev–Trinajstić information content (AvgIpc) is 2.73. The number of ether oxygens (including phenoxy) is 3. The molecule has 0 fully saturated rings. The zero-order valence-electron chi connectivity index (χ0n) is 17.0. The van der Waals surface area contributed by atoms with Crippen molar-refractivity contribution in [2.24, 2.45) is 0 Å². The van der Waals surface area contributed by atoms with Gasteiger partial charge in [0.2, 0.25) is 11.3 Å². The van der Waals surface area contributed by atoms with E-state index in [4.69, 9.17) is 14.2 Å². The Kier molecular flexibility index (Phi) is 6.46. The van der Waals surface area contributed by atoms with Gasteiger partial charge in [0.1, 0.15) is 23.6 Å². The van der Waals surface area contributed by atoms with E-state index in [1.807, 2.05) is 13.8 Å². The minimum absolute atomic E-state index is 0.0912. The van der Waals surface area contributed by atoms with Gasteiger partial charge in [-0.15, -0.1) is 0 Å². The molecule has 2 aromatic carbocycles. The average molecular weight is 410 g/mol. The molecule has 1 heterocycles. The van der Waals surface area contributed by atoms with Gasteiger partial charge in [0, 0.05) is 6.92 Å². The van der Waals surface area contributed by atoms with Crippen molar-refractivity contribution in [3.05, 3.63) is 64.6 Å². The number of ketones is 1. The normalized spacial score (nSPS) is 10.6. The zero-order chi connectivity index (χ0) is 21.7. The van der Waals surface area contributed by atoms with Crippen LogP contribution in [0.15, 0.2) is 42.5 Å². The van der Waals surface area contributed by atoms with Crippen LogP contribution < -0.4 is 14.2 Å². The predicted molar refractivity (Wildman–Crippen MR) is 109 cm³/mol. The van der Waals surface area contributed by atoms with Crippen molar-refractivity contribution in [3.63, 3.8) is 0 Å². The van der Waals surface area contributed by atoms with Gasteiger partial charge in [0.25, 0.3) is 5.69 Å². The first-order chi connectivity index (χ1) is 14.4. The highest BCUT2D eigenvalue weighted by atomic mass is 16.5. The van der Waals surface area contributed by atoms with Crippen LogP contribution >= 0.6 is 0 Å². The third-order valence-corrected chi connectivity index (χ3v) is 4.28. The van der Waals surface area contributed by atoms with Crippen LogP contribution in [-0.2, 0) is 11.3 Å². The number of benzene rings is 2. The lowest BCUT2D eigenvalue weighted by molar-refractivity contribution is -0.580. The van der Waals surface area contributed by atoms with Gasteiger partial charge in [-0.1, -0.05) is 0 Å². The van der Waals surface area contributed by atoms with Gasteiger partial charge in [-0.2, -0.15) is 4.73 Å². The monoisotopic (exact) mass is 410 g/mol. The molecule has 30 heavy (non-hydrogen) atoms. The lowest BCUT2D eigenvalue weighted by atomic mass is 10.2. The van der Waals surface area contributed by atoms with Crippen LogP contribution in [0, 0.1) is 5.21 Å². The topological polar surface area (TPSA) is 102 Å². The van der Waals surface area contributed by atoms with E-state index in [1.54, 1.807) is 36.4 Å². The summed E-state index contributed by atoms with van der Waals surface area (Å²) in [7, 11) is 0. The van der Waals surface area contributed by atoms with Gasteiger partial charge >= 0.3 is 5.97 Å². The summed E-state index contributed by atoms with van der Waals surface area (Å²) in [4.78, 5) is 28.8. The number of fused-ring (bicyclic) bond motifs is 1. The molecule has 156 valence electrons. The molecule has 0 aliphatic rings. The number of esters is 1. The molecular weight excluding hydrogens is 388 g/mol. The molecule has 0 radical (unpaired) electrons. The Morgan fingerprint density at radius 1 is 1.00 bits per heavy atom. The van der Waals surface area contributed by atoms with Crippen LogP contribution in [0.2, 0.25) is 0 Å². The van der Waals surface area contributed by atoms with Crippen LogP contribution in [0.3, 0.4) is 0 Å². The second-order valence-electron chi connectivity index (χ2n) is 6.37. The Morgan fingerprint density at radius 3 is 2.27 bits per heavy atom. The van der Waals surface area contributed by atoms with Crippen LogP contribution in [0.1, 0.15) is 47.3 Å². The number of aromatic nitrogens is 2. The van der Waals surface area contributed by atoms with E-state index < -0.39 is 11.8 Å². The number of carbonyl (C=O) groups is 2. The van der Waals surface area contributed by atoms with Gasteiger partial charge in [0.15, 0.2) is 5.69 Å². The number of hydrogen-bond donors (Lipinski definition) is 0. The van der Waals surface area contributed by atoms with E-state index >= 15 is 0 Å². The van der Waals surface area contributed by atoms with Crippen LogP contribution in [0.4, 0.5) is 0 Å². The number of hydrogen-bond acceptors (Lipinski definition) is 7. The van der Waals surface area contributed by atoms with E-state index in [0.717, 1.165) is 0 Å². The van der Waals surface area contributed by atoms with Gasteiger partial charge in [-0.3, -0.25) is 4.79 Å². The maximum absolute atomic E-state index is 12.8. The summed E-state index contributed by atoms with van der Waals surface area (Å²) in [5, 5.41) is 12.8. The molecule has 8 nitrogen and oxygen atoms in total. The lowest BCUT2D eigenvalue weighted by Gasteiger charge is -2.12. The first-order valence-corrected chi connectivity index (χ1v) is 9.54. The third kappa shape index (κ3) is 4.48. The molecule has 0 amide bonds. The second kappa shape index (κ2) is 9.21. The van der Waals surface area contributed by atoms with Crippen LogP contribution in [0.5, 0.6) is 11.5 Å². The number of nitrogens with zero attached hydrogens (tertiary/aromatic N) is 2. The summed E-state index contributed by atoms with van der Waals surface area (Å²) < 4.78 is 16.6. The summed E-state index contributed by atoms with van der Waals surface area (Å²) in [6, 6.07) is 11.3. The smallest absolute Gasteiger partial charge is 0.338 e. The predicted octanol–water partition coefficient (Wildman–Crippen LogP) is 3.23. The van der Waals surface area contributed by atoms with E-state index in [0.29, 0.717) is 40.5 Å². The zero-order valence-corrected chi connectivity index (χ0v) is 17.0. The fraction of sp³-hybridized carbons (Fsp3) is 0.273. The SMILES string of the molecule is CCOc1ccc(C(=O)OCc2nc3ccc(OCC)cc3[n+]([O-])c2C(C)=O)cc1. The van der Waals surface area contributed by atoms with Gasteiger partial charge in [-0.05, 0) is 50.2 Å². The summed E-state index contributed by atoms with van der Waals surface area (Å²) in [6.45, 7) is 5.61. The molecule has 0 saturated heterocycles. The molecular formula is C22H22N2O6. The van der Waals surface area contributed by atoms with Crippen LogP contribution in [-0.4, -0.2) is 30.0 Å². The Balaban J connectivity index is 1.87. The van der Waals surface area contributed by atoms with Crippen molar-refractivity contribution in [1.82, 2.24) is 4.98 Å². The fourth-order valence-electron chi connectivity index (χ4n) is 2.97. The largest absolute Gasteiger partial charge is 0.618 e. The van der Waals surface area contributed by atoms with Crippen molar-refractivity contribution in [2.45, 2.75) is 27.4 Å². The molecule has 8 heteroatoms. The van der Waals surface area contributed by atoms with E-state index in [1.165, 1.54) is 13.0 Å². The molecule has 0 aliphatic heterocycles. The molecule has 0 unspecified atom stereocenters. The summed E-state index contributed by atoms with van der Waals surface area (Å²) in [5.41, 5.74) is 0.808. The van der Waals surface area contributed by atoms with Gasteiger partial charge < -0.3 is 19.4 Å². The maximum Gasteiger partial charge on any atom is 0.338 e. The molecule has 0 aliphatic carbocycles. The standard InChI is InChI=1S/C22H22N2O6/c1-4-28-16-8-6-15(7-9-16)22(26)30-13-19-21(14(3)25)24(27)20-12-17(29-5-2)10-11-18(20)23-19/h6-12H,4-5,13H2,1-3H3. The van der Waals surface area contributed by atoms with Crippen molar-refractivity contribution < 1.29 is 28.5 Å². The lowest BCUT2D eigenvalue weighted by Crippen LogP contribution is -2.37. The Bertz CT molecular complexity index is 1080. The minimum Gasteiger partial charge on any atom is -0.618 e. The first kappa shape index (κ1) is 21.0. The Labute approximate surface area is 173 Å². The van der Waals surface area contributed by atoms with Gasteiger partial charge in [-0.25, -0.2) is 9.78 Å². The highest BCUT2D eigenvalue weighted by Crippen LogP contribution is 2.20. The molecule has 3 rings (SSSR count). The Hall–Kier alpha value is -3.68. The number of carbonyl (C=O) groups excluding carboxylic acids is 2. The minimum atomic E-state index is -0.599. The molecule has 3 aromatic rings. The first-order valence-electron chi connectivity index (χ1n) is 9.54. The van der Waals surface area contributed by atoms with E-state index in [-0.39, 0.29) is 23.5 Å².